The molecule has 0 spiro atoms. The van der Waals surface area contributed by atoms with E-state index in [1.165, 1.54) is 0 Å². The summed E-state index contributed by atoms with van der Waals surface area (Å²) in [5.41, 5.74) is 0.773. The number of halogens is 1. The zero-order valence-corrected chi connectivity index (χ0v) is 10.7. The maximum atomic E-state index is 5.98. The molecule has 1 aromatic rings. The molecule has 0 aromatic carbocycles. The molecule has 5 heteroatoms. The van der Waals surface area contributed by atoms with Gasteiger partial charge in [-0.05, 0) is 13.8 Å². The Labute approximate surface area is 101 Å². The van der Waals surface area contributed by atoms with Crippen molar-refractivity contribution in [3.05, 3.63) is 16.5 Å². The second-order valence-electron chi connectivity index (χ2n) is 3.26. The van der Waals surface area contributed by atoms with Gasteiger partial charge < -0.3 is 9.47 Å². The van der Waals surface area contributed by atoms with E-state index in [0.717, 1.165) is 12.0 Å². The van der Waals surface area contributed by atoms with Crippen LogP contribution in [-0.4, -0.2) is 29.8 Å². The number of aromatic nitrogens is 2. The lowest BCUT2D eigenvalue weighted by molar-refractivity contribution is 0.108. The lowest BCUT2D eigenvalue weighted by atomic mass is 10.3. The fourth-order valence-corrected chi connectivity index (χ4v) is 1.33. The molecule has 0 fully saturated rings. The van der Waals surface area contributed by atoms with Gasteiger partial charge in [0.05, 0.1) is 6.61 Å². The summed E-state index contributed by atoms with van der Waals surface area (Å²) in [6.07, 6.45) is 0.738. The van der Waals surface area contributed by atoms with Crippen molar-refractivity contribution < 1.29 is 9.47 Å². The van der Waals surface area contributed by atoms with E-state index < -0.39 is 0 Å². The van der Waals surface area contributed by atoms with Gasteiger partial charge in [0.1, 0.15) is 17.6 Å². The third-order valence-electron chi connectivity index (χ3n) is 2.07. The van der Waals surface area contributed by atoms with Crippen LogP contribution in [-0.2, 0) is 11.2 Å². The van der Waals surface area contributed by atoms with Gasteiger partial charge >= 0.3 is 0 Å². The molecule has 16 heavy (non-hydrogen) atoms. The van der Waals surface area contributed by atoms with Gasteiger partial charge in [0, 0.05) is 18.6 Å². The minimum absolute atomic E-state index is 0.457. The zero-order valence-electron chi connectivity index (χ0n) is 9.92. The van der Waals surface area contributed by atoms with Crippen molar-refractivity contribution in [1.82, 2.24) is 9.97 Å². The average molecular weight is 245 g/mol. The number of hydrogen-bond donors (Lipinski definition) is 0. The predicted octanol–water partition coefficient (Wildman–Crippen LogP) is 2.42. The zero-order chi connectivity index (χ0) is 12.0. The van der Waals surface area contributed by atoms with E-state index in [1.807, 2.05) is 20.8 Å². The van der Waals surface area contributed by atoms with Crippen molar-refractivity contribution >= 4 is 11.6 Å². The molecule has 90 valence electrons. The van der Waals surface area contributed by atoms with Crippen molar-refractivity contribution in [2.45, 2.75) is 27.2 Å². The van der Waals surface area contributed by atoms with E-state index in [1.54, 1.807) is 0 Å². The quantitative estimate of drug-likeness (QED) is 0.570. The molecule has 1 heterocycles. The summed E-state index contributed by atoms with van der Waals surface area (Å²) >= 11 is 5.98. The van der Waals surface area contributed by atoms with Crippen LogP contribution >= 0.6 is 11.6 Å². The second kappa shape index (κ2) is 6.66. The van der Waals surface area contributed by atoms with Gasteiger partial charge in [0.15, 0.2) is 0 Å². The Morgan fingerprint density at radius 2 is 1.94 bits per heavy atom. The Bertz CT molecular complexity index is 345. The molecule has 4 nitrogen and oxygen atoms in total. The molecular weight excluding hydrogens is 228 g/mol. The van der Waals surface area contributed by atoms with Gasteiger partial charge in [-0.3, -0.25) is 0 Å². The Morgan fingerprint density at radius 3 is 2.56 bits per heavy atom. The first-order chi connectivity index (χ1) is 7.69. The smallest absolute Gasteiger partial charge is 0.221 e. The van der Waals surface area contributed by atoms with Crippen LogP contribution in [0.4, 0.5) is 0 Å². The largest absolute Gasteiger partial charge is 0.475 e. The molecule has 0 atom stereocenters. The molecule has 0 N–H and O–H groups in total. The minimum Gasteiger partial charge on any atom is -0.475 e. The fraction of sp³-hybridized carbons (Fsp3) is 0.636. The molecule has 0 aliphatic heterocycles. The molecule has 0 aliphatic rings. The first-order valence-corrected chi connectivity index (χ1v) is 5.80. The molecule has 0 amide bonds. The van der Waals surface area contributed by atoms with E-state index in [0.29, 0.717) is 36.7 Å². The Morgan fingerprint density at radius 1 is 1.19 bits per heavy atom. The van der Waals surface area contributed by atoms with E-state index >= 15 is 0 Å². The lowest BCUT2D eigenvalue weighted by Crippen LogP contribution is -2.09. The van der Waals surface area contributed by atoms with Crippen molar-refractivity contribution in [2.24, 2.45) is 0 Å². The molecule has 0 aliphatic carbocycles. The Balaban J connectivity index is 2.66. The van der Waals surface area contributed by atoms with E-state index in [4.69, 9.17) is 21.1 Å². The van der Waals surface area contributed by atoms with Crippen LogP contribution in [0.3, 0.4) is 0 Å². The molecular formula is C11H17ClN2O2. The average Bonchev–Trinajstić information content (AvgIpc) is 2.29. The van der Waals surface area contributed by atoms with Crippen molar-refractivity contribution in [2.75, 3.05) is 19.8 Å². The molecule has 0 saturated heterocycles. The summed E-state index contributed by atoms with van der Waals surface area (Å²) in [5, 5.41) is 0.457. The highest BCUT2D eigenvalue weighted by Gasteiger charge is 2.09. The van der Waals surface area contributed by atoms with Crippen LogP contribution in [0.15, 0.2) is 0 Å². The van der Waals surface area contributed by atoms with Gasteiger partial charge in [0.25, 0.3) is 0 Å². The van der Waals surface area contributed by atoms with Gasteiger partial charge in [-0.1, -0.05) is 18.5 Å². The topological polar surface area (TPSA) is 44.2 Å². The summed E-state index contributed by atoms with van der Waals surface area (Å²) in [6.45, 7) is 7.49. The maximum absolute atomic E-state index is 5.98. The normalized spacial score (nSPS) is 10.5. The van der Waals surface area contributed by atoms with Gasteiger partial charge in [-0.2, -0.15) is 4.98 Å². The monoisotopic (exact) mass is 244 g/mol. The lowest BCUT2D eigenvalue weighted by Gasteiger charge is -2.10. The first-order valence-electron chi connectivity index (χ1n) is 5.42. The summed E-state index contributed by atoms with van der Waals surface area (Å²) in [4.78, 5) is 8.42. The Kier molecular flexibility index (Phi) is 5.49. The molecule has 0 bridgehead atoms. The highest BCUT2D eigenvalue weighted by Crippen LogP contribution is 2.21. The molecule has 1 aromatic heterocycles. The number of aryl methyl sites for hydroxylation is 1. The van der Waals surface area contributed by atoms with Crippen LogP contribution in [0.2, 0.25) is 5.15 Å². The summed E-state index contributed by atoms with van der Waals surface area (Å²) in [5.74, 6) is 1.25. The van der Waals surface area contributed by atoms with Crippen molar-refractivity contribution in [3.8, 4) is 5.88 Å². The standard InChI is InChI=1S/C11H17ClN2O2/c1-4-9-13-10(12)8(3)11(14-9)16-7-6-15-5-2/h4-7H2,1-3H3. The fourth-order valence-electron chi connectivity index (χ4n) is 1.15. The third-order valence-corrected chi connectivity index (χ3v) is 2.44. The highest BCUT2D eigenvalue weighted by atomic mass is 35.5. The summed E-state index contributed by atoms with van der Waals surface area (Å²) in [6, 6.07) is 0. The van der Waals surface area contributed by atoms with Crippen LogP contribution in [0.5, 0.6) is 5.88 Å². The van der Waals surface area contributed by atoms with E-state index in [9.17, 15) is 0 Å². The molecule has 0 saturated carbocycles. The molecule has 1 rings (SSSR count). The van der Waals surface area contributed by atoms with Crippen molar-refractivity contribution in [3.63, 3.8) is 0 Å². The highest BCUT2D eigenvalue weighted by molar-refractivity contribution is 6.30. The van der Waals surface area contributed by atoms with Gasteiger partial charge in [-0.15, -0.1) is 0 Å². The van der Waals surface area contributed by atoms with Gasteiger partial charge in [0.2, 0.25) is 5.88 Å². The van der Waals surface area contributed by atoms with Crippen LogP contribution in [0.1, 0.15) is 25.2 Å². The predicted molar refractivity (Wildman–Crippen MR) is 63.1 cm³/mol. The second-order valence-corrected chi connectivity index (χ2v) is 3.62. The summed E-state index contributed by atoms with van der Waals surface area (Å²) in [7, 11) is 0. The maximum Gasteiger partial charge on any atom is 0.221 e. The number of hydrogen-bond acceptors (Lipinski definition) is 4. The number of rotatable bonds is 6. The van der Waals surface area contributed by atoms with E-state index in [-0.39, 0.29) is 0 Å². The van der Waals surface area contributed by atoms with E-state index in [2.05, 4.69) is 9.97 Å². The van der Waals surface area contributed by atoms with Gasteiger partial charge in [-0.25, -0.2) is 4.98 Å². The van der Waals surface area contributed by atoms with Crippen LogP contribution in [0.25, 0.3) is 0 Å². The molecule has 0 radical (unpaired) electrons. The SMILES string of the molecule is CCOCCOc1nc(CC)nc(Cl)c1C. The Hall–Kier alpha value is -0.870. The van der Waals surface area contributed by atoms with Crippen LogP contribution < -0.4 is 4.74 Å². The summed E-state index contributed by atoms with van der Waals surface area (Å²) < 4.78 is 10.7. The third kappa shape index (κ3) is 3.61. The molecule has 0 unspecified atom stereocenters. The number of nitrogens with zero attached hydrogens (tertiary/aromatic N) is 2. The van der Waals surface area contributed by atoms with Crippen LogP contribution in [0, 0.1) is 6.92 Å². The number of ether oxygens (including phenoxy) is 2. The first kappa shape index (κ1) is 13.2. The minimum atomic E-state index is 0.457. The van der Waals surface area contributed by atoms with Crippen molar-refractivity contribution in [1.29, 1.82) is 0 Å².